The molecule has 1 saturated heterocycles. The second-order valence-corrected chi connectivity index (χ2v) is 12.7. The van der Waals surface area contributed by atoms with Crippen LogP contribution >= 0.6 is 0 Å². The lowest BCUT2D eigenvalue weighted by Gasteiger charge is -2.31. The van der Waals surface area contributed by atoms with Crippen molar-refractivity contribution in [3.63, 3.8) is 0 Å². The monoisotopic (exact) mass is 740 g/mol. The Morgan fingerprint density at radius 1 is 0.755 bits per heavy atom. The Bertz CT molecular complexity index is 1850. The molecule has 4 rings (SSSR count). The number of fused-ring (bicyclic) bond motifs is 2. The largest absolute Gasteiger partial charge is 0.480 e. The van der Waals surface area contributed by atoms with Crippen LogP contribution in [0.25, 0.3) is 22.1 Å². The van der Waals surface area contributed by atoms with Crippen molar-refractivity contribution in [1.82, 2.24) is 41.0 Å². The number of hydrogen-bond acceptors (Lipinski definition) is 13. The normalized spacial score (nSPS) is 16.5. The highest BCUT2D eigenvalue weighted by molar-refractivity contribution is 5.95. The zero-order chi connectivity index (χ0) is 38.7. The van der Waals surface area contributed by atoms with E-state index in [-0.39, 0.29) is 59.7 Å². The van der Waals surface area contributed by atoms with Crippen LogP contribution in [0.1, 0.15) is 29.9 Å². The van der Waals surface area contributed by atoms with Gasteiger partial charge in [-0.15, -0.1) is 0 Å². The lowest BCUT2D eigenvalue weighted by Crippen LogP contribution is -2.51. The number of nitrogens with zero attached hydrogens (tertiary/aromatic N) is 4. The van der Waals surface area contributed by atoms with Crippen LogP contribution in [0.15, 0.2) is 39.5 Å². The van der Waals surface area contributed by atoms with Crippen molar-refractivity contribution in [2.45, 2.75) is 32.5 Å². The van der Waals surface area contributed by atoms with Gasteiger partial charge in [-0.3, -0.25) is 43.5 Å². The second kappa shape index (κ2) is 18.8. The lowest BCUT2D eigenvalue weighted by molar-refractivity contribution is -0.141. The Hall–Kier alpha value is -5.50. The molecule has 1 aliphatic heterocycles. The van der Waals surface area contributed by atoms with Crippen molar-refractivity contribution in [2.24, 2.45) is 0 Å². The minimum atomic E-state index is -1.18. The topological polar surface area (TPSA) is 264 Å². The van der Waals surface area contributed by atoms with Crippen molar-refractivity contribution in [3.8, 4) is 0 Å². The number of pyridine rings is 1. The molecular formula is C34H44N8O11. The molecule has 53 heavy (non-hydrogen) atoms. The number of carbonyl (C=O) groups is 6. The molecule has 3 heterocycles. The van der Waals surface area contributed by atoms with Crippen molar-refractivity contribution < 1.29 is 48.5 Å². The molecule has 0 radical (unpaired) electrons. The molecule has 3 aromatic rings. The minimum Gasteiger partial charge on any atom is -0.480 e. The summed E-state index contributed by atoms with van der Waals surface area (Å²) < 4.78 is 5.78. The number of carboxylic acids is 3. The third-order valence-electron chi connectivity index (χ3n) is 8.58. The Balaban J connectivity index is 1.44. The molecule has 2 aromatic heterocycles. The van der Waals surface area contributed by atoms with Crippen LogP contribution < -0.4 is 26.7 Å². The quantitative estimate of drug-likeness (QED) is 0.0968. The third kappa shape index (κ3) is 12.0. The molecular weight excluding hydrogens is 696 g/mol. The van der Waals surface area contributed by atoms with Crippen molar-refractivity contribution in [1.29, 1.82) is 0 Å². The summed E-state index contributed by atoms with van der Waals surface area (Å²) in [5.41, 5.74) is 0.0937. The average Bonchev–Trinajstić information content (AvgIpc) is 3.10. The van der Waals surface area contributed by atoms with Gasteiger partial charge in [-0.25, -0.2) is 9.78 Å². The van der Waals surface area contributed by atoms with E-state index in [4.69, 9.17) is 14.6 Å². The van der Waals surface area contributed by atoms with Crippen LogP contribution in [0.5, 0.6) is 0 Å². The van der Waals surface area contributed by atoms with Gasteiger partial charge in [-0.2, -0.15) is 0 Å². The van der Waals surface area contributed by atoms with Gasteiger partial charge in [0, 0.05) is 52.4 Å². The SMILES string of the molecule is C[C@H](NC(=O)CN1CCNCCN(CC(=O)N[C@@H](C)C(=O)O)CCN(CC(=O)NCc2ccc3c(=O)c4cc(C(=O)O)ccc4oc3n2)CC1)C(=O)O. The molecule has 0 spiro atoms. The summed E-state index contributed by atoms with van der Waals surface area (Å²) in [6.07, 6.45) is 0. The molecule has 3 amide bonds. The average molecular weight is 741 g/mol. The lowest BCUT2D eigenvalue weighted by atomic mass is 10.1. The van der Waals surface area contributed by atoms with Crippen LogP contribution in [0.4, 0.5) is 0 Å². The zero-order valence-electron chi connectivity index (χ0n) is 29.4. The van der Waals surface area contributed by atoms with Gasteiger partial charge in [-0.1, -0.05) is 0 Å². The number of aromatic nitrogens is 1. The van der Waals surface area contributed by atoms with Gasteiger partial charge >= 0.3 is 17.9 Å². The first kappa shape index (κ1) is 40.3. The van der Waals surface area contributed by atoms with Gasteiger partial charge in [0.1, 0.15) is 17.7 Å². The van der Waals surface area contributed by atoms with Crippen LogP contribution in [-0.2, 0) is 30.5 Å². The van der Waals surface area contributed by atoms with Crippen LogP contribution in [-0.4, -0.2) is 155 Å². The fourth-order valence-electron chi connectivity index (χ4n) is 5.53. The molecule has 19 nitrogen and oxygen atoms in total. The van der Waals surface area contributed by atoms with E-state index < -0.39 is 47.2 Å². The van der Waals surface area contributed by atoms with Crippen molar-refractivity contribution in [3.05, 3.63) is 51.8 Å². The maximum atomic E-state index is 13.2. The summed E-state index contributed by atoms with van der Waals surface area (Å²) in [7, 11) is 0. The fourth-order valence-corrected chi connectivity index (χ4v) is 5.53. The van der Waals surface area contributed by atoms with Crippen LogP contribution in [0.3, 0.4) is 0 Å². The molecule has 0 aliphatic carbocycles. The molecule has 1 aromatic carbocycles. The summed E-state index contributed by atoms with van der Waals surface area (Å²) in [6.45, 7) is 5.76. The highest BCUT2D eigenvalue weighted by Crippen LogP contribution is 2.19. The van der Waals surface area contributed by atoms with Crippen molar-refractivity contribution >= 4 is 57.7 Å². The molecule has 1 fully saturated rings. The summed E-state index contributed by atoms with van der Waals surface area (Å²) in [6, 6.07) is 4.88. The molecule has 19 heteroatoms. The summed E-state index contributed by atoms with van der Waals surface area (Å²) in [5.74, 6) is -4.77. The summed E-state index contributed by atoms with van der Waals surface area (Å²) in [4.78, 5) is 95.2. The molecule has 0 saturated carbocycles. The maximum Gasteiger partial charge on any atom is 0.335 e. The van der Waals surface area contributed by atoms with E-state index in [1.807, 2.05) is 14.7 Å². The van der Waals surface area contributed by atoms with Gasteiger partial charge in [-0.05, 0) is 44.2 Å². The van der Waals surface area contributed by atoms with Gasteiger partial charge < -0.3 is 41.0 Å². The van der Waals surface area contributed by atoms with Gasteiger partial charge in [0.2, 0.25) is 28.9 Å². The number of carbonyl (C=O) groups excluding carboxylic acids is 3. The maximum absolute atomic E-state index is 13.2. The third-order valence-corrected chi connectivity index (χ3v) is 8.58. The number of hydrogen-bond donors (Lipinski definition) is 7. The van der Waals surface area contributed by atoms with Gasteiger partial charge in [0.05, 0.1) is 48.2 Å². The number of carboxylic acid groups (broad SMARTS) is 3. The van der Waals surface area contributed by atoms with Gasteiger partial charge in [0.25, 0.3) is 0 Å². The van der Waals surface area contributed by atoms with Gasteiger partial charge in [0.15, 0.2) is 0 Å². The molecule has 1 aliphatic rings. The van der Waals surface area contributed by atoms with E-state index in [1.165, 1.54) is 38.1 Å². The van der Waals surface area contributed by atoms with E-state index in [0.29, 0.717) is 58.1 Å². The number of rotatable bonds is 13. The minimum absolute atomic E-state index is 0.00387. The van der Waals surface area contributed by atoms with Crippen LogP contribution in [0, 0.1) is 0 Å². The Morgan fingerprint density at radius 3 is 1.81 bits per heavy atom. The first-order valence-electron chi connectivity index (χ1n) is 17.0. The molecule has 2 atom stereocenters. The Labute approximate surface area is 303 Å². The highest BCUT2D eigenvalue weighted by Gasteiger charge is 2.22. The number of amides is 3. The van der Waals surface area contributed by atoms with E-state index in [0.717, 1.165) is 0 Å². The number of benzene rings is 1. The smallest absolute Gasteiger partial charge is 0.335 e. The van der Waals surface area contributed by atoms with E-state index in [2.05, 4.69) is 26.3 Å². The Morgan fingerprint density at radius 2 is 1.28 bits per heavy atom. The zero-order valence-corrected chi connectivity index (χ0v) is 29.4. The number of aromatic carboxylic acids is 1. The van der Waals surface area contributed by atoms with Crippen LogP contribution in [0.2, 0.25) is 0 Å². The predicted octanol–water partition coefficient (Wildman–Crippen LogP) is -1.66. The molecule has 0 unspecified atom stereocenters. The van der Waals surface area contributed by atoms with Crippen molar-refractivity contribution in [2.75, 3.05) is 72.0 Å². The van der Waals surface area contributed by atoms with E-state index >= 15 is 0 Å². The first-order valence-corrected chi connectivity index (χ1v) is 17.0. The number of nitrogens with one attached hydrogen (secondary N) is 4. The summed E-state index contributed by atoms with van der Waals surface area (Å²) in [5, 5.41) is 38.9. The highest BCUT2D eigenvalue weighted by atomic mass is 16.4. The first-order chi connectivity index (χ1) is 25.2. The molecule has 286 valence electrons. The fraction of sp³-hybridized carbons (Fsp3) is 0.471. The predicted molar refractivity (Wildman–Crippen MR) is 189 cm³/mol. The van der Waals surface area contributed by atoms with E-state index in [1.54, 1.807) is 6.07 Å². The Kier molecular flexibility index (Phi) is 14.3. The standard InChI is InChI=1S/C34H44N8O11/c1-20(32(47)48)37-28(44)18-40-9-7-35-8-10-41(19-29(45)38-21(2)33(49)50)12-14-42(13-11-40)17-27(43)36-16-23-4-5-24-30(46)25-15-22(34(51)52)3-6-26(25)53-31(24)39-23/h3-6,15,20-21,35H,7-14,16-19H2,1-2H3,(H,36,43)(H,37,44)(H,38,45)(H,47,48)(H,49,50)(H,51,52)/t20-,21-/m0/s1. The summed E-state index contributed by atoms with van der Waals surface area (Å²) >= 11 is 0. The van der Waals surface area contributed by atoms with E-state index in [9.17, 15) is 38.7 Å². The molecule has 7 N–H and O–H groups in total. The number of aliphatic carboxylic acids is 2. The molecule has 0 bridgehead atoms. The second-order valence-electron chi connectivity index (χ2n) is 12.7.